The smallest absolute Gasteiger partial charge is 1.00 e. The molecule has 0 rings (SSSR count). The number of hydrogen-bond acceptors (Lipinski definition) is 4. The van der Waals surface area contributed by atoms with Crippen molar-refractivity contribution in [2.75, 3.05) is 0 Å². The maximum absolute atomic E-state index is 9.55. The molecule has 15 heavy (non-hydrogen) atoms. The van der Waals surface area contributed by atoms with Crippen LogP contribution in [0.1, 0.15) is 9.78 Å². The Morgan fingerprint density at radius 1 is 1.07 bits per heavy atom. The molecule has 0 bridgehead atoms. The summed E-state index contributed by atoms with van der Waals surface area (Å²) in [4.78, 5) is 28.6. The third kappa shape index (κ3) is 24.7. The standard InChI is InChI=1S/C4H4O4.C3H6O3.Ca.2H/c5-3(6)1-2-4(7)8;1-2(4)3(5)6;;;/h1-2H,(H,5,6)(H,7,8);2,4H,1H3,(H,5,6);;;/q;;+2;2*-1/b2-1-;;;;. The predicted molar refractivity (Wildman–Crippen MR) is 51.7 cm³/mol. The second-order valence-corrected chi connectivity index (χ2v) is 2.02. The van der Waals surface area contributed by atoms with Gasteiger partial charge in [-0.2, -0.15) is 0 Å². The second kappa shape index (κ2) is 11.4. The monoisotopic (exact) mass is 248 g/mol. The zero-order chi connectivity index (χ0) is 11.7. The van der Waals surface area contributed by atoms with Crippen molar-refractivity contribution in [2.45, 2.75) is 13.0 Å². The van der Waals surface area contributed by atoms with E-state index in [1.54, 1.807) is 0 Å². The van der Waals surface area contributed by atoms with Crippen LogP contribution in [0.15, 0.2) is 12.2 Å². The number of carboxylic acids is 3. The minimum Gasteiger partial charge on any atom is -1.00 e. The molecular formula is C7H12CaO7. The van der Waals surface area contributed by atoms with E-state index < -0.39 is 24.0 Å². The number of aliphatic hydroxyl groups is 1. The molecule has 1 unspecified atom stereocenters. The van der Waals surface area contributed by atoms with Crippen molar-refractivity contribution >= 4 is 55.6 Å². The van der Waals surface area contributed by atoms with E-state index in [-0.39, 0.29) is 40.6 Å². The van der Waals surface area contributed by atoms with E-state index in [4.69, 9.17) is 20.4 Å². The van der Waals surface area contributed by atoms with Gasteiger partial charge >= 0.3 is 55.6 Å². The Kier molecular flexibility index (Phi) is 15.2. The van der Waals surface area contributed by atoms with Crippen molar-refractivity contribution in [1.29, 1.82) is 0 Å². The molecule has 0 aromatic heterocycles. The molecule has 0 fully saturated rings. The van der Waals surface area contributed by atoms with Gasteiger partial charge in [0.15, 0.2) is 0 Å². The van der Waals surface area contributed by atoms with Crippen molar-refractivity contribution in [3.63, 3.8) is 0 Å². The average Bonchev–Trinajstić information content (AvgIpc) is 2.01. The first-order valence-corrected chi connectivity index (χ1v) is 3.32. The maximum atomic E-state index is 9.55. The van der Waals surface area contributed by atoms with E-state index in [9.17, 15) is 14.4 Å². The van der Waals surface area contributed by atoms with Gasteiger partial charge in [-0.1, -0.05) is 0 Å². The van der Waals surface area contributed by atoms with E-state index >= 15 is 0 Å². The summed E-state index contributed by atoms with van der Waals surface area (Å²) in [6, 6.07) is 0. The quantitative estimate of drug-likeness (QED) is 0.372. The van der Waals surface area contributed by atoms with Crippen LogP contribution in [-0.4, -0.2) is 82.2 Å². The summed E-state index contributed by atoms with van der Waals surface area (Å²) in [6.07, 6.45) is -0.116. The first-order chi connectivity index (χ1) is 6.27. The third-order valence-electron chi connectivity index (χ3n) is 0.726. The number of rotatable bonds is 3. The Labute approximate surface area is 118 Å². The molecule has 0 spiro atoms. The molecule has 0 aliphatic rings. The van der Waals surface area contributed by atoms with Gasteiger partial charge < -0.3 is 23.3 Å². The fourth-order valence-electron chi connectivity index (χ4n) is 0.143. The fraction of sp³-hybridized carbons (Fsp3) is 0.286. The molecule has 0 radical (unpaired) electrons. The van der Waals surface area contributed by atoms with Gasteiger partial charge in [0.1, 0.15) is 6.10 Å². The van der Waals surface area contributed by atoms with Crippen LogP contribution in [0, 0.1) is 0 Å². The van der Waals surface area contributed by atoms with Crippen LogP contribution >= 0.6 is 0 Å². The molecule has 0 saturated heterocycles. The minimum absolute atomic E-state index is 0. The van der Waals surface area contributed by atoms with Crippen LogP contribution in [0.25, 0.3) is 0 Å². The predicted octanol–water partition coefficient (Wildman–Crippen LogP) is -0.992. The van der Waals surface area contributed by atoms with Gasteiger partial charge in [0.2, 0.25) is 0 Å². The third-order valence-corrected chi connectivity index (χ3v) is 0.726. The normalized spacial score (nSPS) is 10.5. The Morgan fingerprint density at radius 2 is 1.27 bits per heavy atom. The fourth-order valence-corrected chi connectivity index (χ4v) is 0.143. The van der Waals surface area contributed by atoms with Crippen LogP contribution in [0.2, 0.25) is 0 Å². The molecule has 84 valence electrons. The molecular weight excluding hydrogens is 236 g/mol. The molecule has 7 nitrogen and oxygen atoms in total. The molecule has 0 aliphatic heterocycles. The topological polar surface area (TPSA) is 132 Å². The van der Waals surface area contributed by atoms with Crippen LogP contribution < -0.4 is 0 Å². The van der Waals surface area contributed by atoms with Crippen LogP contribution in [0.5, 0.6) is 0 Å². The summed E-state index contributed by atoms with van der Waals surface area (Å²) in [7, 11) is 0. The molecule has 1 atom stereocenters. The molecule has 0 amide bonds. The molecule has 0 saturated carbocycles. The van der Waals surface area contributed by atoms with Crippen LogP contribution in [0.4, 0.5) is 0 Å². The van der Waals surface area contributed by atoms with Gasteiger partial charge in [0.05, 0.1) is 0 Å². The van der Waals surface area contributed by atoms with Crippen molar-refractivity contribution < 1.29 is 37.7 Å². The Hall–Kier alpha value is -0.630. The largest absolute Gasteiger partial charge is 2.00 e. The maximum Gasteiger partial charge on any atom is 2.00 e. The van der Waals surface area contributed by atoms with Gasteiger partial charge in [0.25, 0.3) is 0 Å². The summed E-state index contributed by atoms with van der Waals surface area (Å²) in [6.45, 7) is 1.20. The summed E-state index contributed by atoms with van der Waals surface area (Å²) in [5.41, 5.74) is 0. The minimum atomic E-state index is -1.26. The van der Waals surface area contributed by atoms with Gasteiger partial charge in [-0.3, -0.25) is 0 Å². The number of hydrogen-bond donors (Lipinski definition) is 4. The van der Waals surface area contributed by atoms with E-state index in [0.717, 1.165) is 0 Å². The summed E-state index contributed by atoms with van der Waals surface area (Å²) < 4.78 is 0. The summed E-state index contributed by atoms with van der Waals surface area (Å²) in [5.74, 6) is -3.70. The first-order valence-electron chi connectivity index (χ1n) is 3.32. The van der Waals surface area contributed by atoms with E-state index in [2.05, 4.69) is 0 Å². The summed E-state index contributed by atoms with van der Waals surface area (Å²) >= 11 is 0. The Morgan fingerprint density at radius 3 is 1.33 bits per heavy atom. The SMILES string of the molecule is CC(O)C(=O)O.O=C(O)/C=C\C(=O)O.[Ca+2].[H-].[H-]. The summed E-state index contributed by atoms with van der Waals surface area (Å²) in [5, 5.41) is 31.4. The van der Waals surface area contributed by atoms with Crippen molar-refractivity contribution in [3.05, 3.63) is 12.2 Å². The first kappa shape index (κ1) is 19.9. The molecule has 0 aromatic carbocycles. The zero-order valence-corrected chi connectivity index (χ0v) is 10.2. The van der Waals surface area contributed by atoms with Crippen LogP contribution in [-0.2, 0) is 14.4 Å². The van der Waals surface area contributed by atoms with Crippen molar-refractivity contribution in [1.82, 2.24) is 0 Å². The van der Waals surface area contributed by atoms with Gasteiger partial charge in [-0.05, 0) is 6.92 Å². The molecule has 8 heteroatoms. The molecule has 4 N–H and O–H groups in total. The number of carbonyl (C=O) groups is 3. The van der Waals surface area contributed by atoms with Gasteiger partial charge in [-0.25, -0.2) is 14.4 Å². The average molecular weight is 248 g/mol. The number of aliphatic carboxylic acids is 3. The van der Waals surface area contributed by atoms with Gasteiger partial charge in [-0.15, -0.1) is 0 Å². The van der Waals surface area contributed by atoms with E-state index in [1.807, 2.05) is 0 Å². The van der Waals surface area contributed by atoms with Crippen molar-refractivity contribution in [2.24, 2.45) is 0 Å². The Bertz CT molecular complexity index is 239. The molecule has 0 aromatic rings. The zero-order valence-electron chi connectivity index (χ0n) is 9.95. The Balaban J connectivity index is -0.0000000493. The number of carboxylic acid groups (broad SMARTS) is 3. The number of aliphatic hydroxyl groups excluding tert-OH is 1. The molecule has 0 heterocycles. The van der Waals surface area contributed by atoms with E-state index in [0.29, 0.717) is 12.2 Å². The van der Waals surface area contributed by atoms with Gasteiger partial charge in [0, 0.05) is 12.2 Å². The van der Waals surface area contributed by atoms with Crippen LogP contribution in [0.3, 0.4) is 0 Å². The second-order valence-electron chi connectivity index (χ2n) is 2.02. The molecule has 0 aliphatic carbocycles. The van der Waals surface area contributed by atoms with Crippen molar-refractivity contribution in [3.8, 4) is 0 Å². The van der Waals surface area contributed by atoms with E-state index in [1.165, 1.54) is 6.92 Å².